The number of hydrogen-bond acceptors (Lipinski definition) is 8. The van der Waals surface area contributed by atoms with Crippen LogP contribution in [0.25, 0.3) is 6.08 Å². The van der Waals surface area contributed by atoms with E-state index in [4.69, 9.17) is 21.7 Å². The number of halogens is 1. The van der Waals surface area contributed by atoms with Gasteiger partial charge in [0.05, 0.1) is 22.6 Å². The summed E-state index contributed by atoms with van der Waals surface area (Å²) in [6.45, 7) is -0.343. The van der Waals surface area contributed by atoms with Crippen LogP contribution in [0, 0.1) is 10.1 Å². The van der Waals surface area contributed by atoms with Gasteiger partial charge in [-0.05, 0) is 54.1 Å². The highest BCUT2D eigenvalue weighted by molar-refractivity contribution is 9.10. The van der Waals surface area contributed by atoms with Crippen LogP contribution < -0.4 is 19.7 Å². The largest absolute Gasteiger partial charge is 0.493 e. The van der Waals surface area contributed by atoms with E-state index >= 15 is 0 Å². The van der Waals surface area contributed by atoms with Crippen molar-refractivity contribution in [3.8, 4) is 11.5 Å². The van der Waals surface area contributed by atoms with Crippen LogP contribution >= 0.6 is 39.9 Å². The zero-order chi connectivity index (χ0) is 26.5. The minimum absolute atomic E-state index is 0.135. The van der Waals surface area contributed by atoms with Crippen molar-refractivity contribution in [1.29, 1.82) is 0 Å². The lowest BCUT2D eigenvalue weighted by Gasteiger charge is -2.14. The molecule has 0 aliphatic carbocycles. The molecule has 4 rings (SSSR count). The Morgan fingerprint density at radius 3 is 2.62 bits per heavy atom. The fourth-order valence-corrected chi connectivity index (χ4v) is 4.93. The summed E-state index contributed by atoms with van der Waals surface area (Å²) in [4.78, 5) is 37.6. The fourth-order valence-electron chi connectivity index (χ4n) is 3.36. The Balaban J connectivity index is 1.44. The van der Waals surface area contributed by atoms with E-state index in [1.54, 1.807) is 30.3 Å². The van der Waals surface area contributed by atoms with Crippen LogP contribution in [0.1, 0.15) is 5.56 Å². The molecule has 3 aromatic rings. The van der Waals surface area contributed by atoms with Gasteiger partial charge >= 0.3 is 0 Å². The molecule has 0 radical (unpaired) electrons. The van der Waals surface area contributed by atoms with Crippen LogP contribution in [0.2, 0.25) is 0 Å². The van der Waals surface area contributed by atoms with Gasteiger partial charge in [-0.2, -0.15) is 0 Å². The lowest BCUT2D eigenvalue weighted by atomic mass is 10.2. The predicted molar refractivity (Wildman–Crippen MR) is 150 cm³/mol. The Morgan fingerprint density at radius 1 is 1.16 bits per heavy atom. The number of nitro benzene ring substituents is 1. The standard InChI is InChI=1S/C25H18BrN3O6S2/c1-34-21-11-15(12-22-24(31)28(25(36)37-22)18-8-6-16(26)7-9-18)5-10-20(21)35-14-23(30)27-17-3-2-4-19(13-17)29(32)33/h2-13H,14H2,1H3,(H,27,30)/b22-12-. The first-order valence-corrected chi connectivity index (χ1v) is 12.7. The number of benzene rings is 3. The number of nitrogens with one attached hydrogen (secondary N) is 1. The molecule has 0 spiro atoms. The number of thiocarbonyl (C=S) groups is 1. The monoisotopic (exact) mass is 599 g/mol. The van der Waals surface area contributed by atoms with Crippen molar-refractivity contribution in [2.75, 3.05) is 23.9 Å². The average Bonchev–Trinajstić information content (AvgIpc) is 3.16. The zero-order valence-electron chi connectivity index (χ0n) is 19.2. The van der Waals surface area contributed by atoms with E-state index in [9.17, 15) is 19.7 Å². The summed E-state index contributed by atoms with van der Waals surface area (Å²) in [7, 11) is 1.46. The van der Waals surface area contributed by atoms with E-state index < -0.39 is 10.8 Å². The van der Waals surface area contributed by atoms with Gasteiger partial charge in [-0.1, -0.05) is 52.0 Å². The van der Waals surface area contributed by atoms with Crippen molar-refractivity contribution in [1.82, 2.24) is 0 Å². The molecule has 1 fully saturated rings. The molecule has 1 saturated heterocycles. The normalized spacial score (nSPS) is 14.1. The molecular formula is C25H18BrN3O6S2. The highest BCUT2D eigenvalue weighted by Crippen LogP contribution is 2.37. The highest BCUT2D eigenvalue weighted by Gasteiger charge is 2.33. The summed E-state index contributed by atoms with van der Waals surface area (Å²) in [5.74, 6) is -0.0470. The van der Waals surface area contributed by atoms with Gasteiger partial charge in [0.2, 0.25) is 0 Å². The Kier molecular flexibility index (Phi) is 8.21. The Bertz CT molecular complexity index is 1430. The molecule has 0 atom stereocenters. The number of anilines is 2. The first-order valence-electron chi connectivity index (χ1n) is 10.6. The van der Waals surface area contributed by atoms with Gasteiger partial charge in [-0.15, -0.1) is 0 Å². The van der Waals surface area contributed by atoms with Gasteiger partial charge in [-0.3, -0.25) is 24.6 Å². The average molecular weight is 600 g/mol. The first-order chi connectivity index (χ1) is 17.7. The van der Waals surface area contributed by atoms with Gasteiger partial charge in [-0.25, -0.2) is 0 Å². The molecule has 1 heterocycles. The van der Waals surface area contributed by atoms with E-state index in [1.165, 1.54) is 42.0 Å². The number of hydrogen-bond donors (Lipinski definition) is 1. The highest BCUT2D eigenvalue weighted by atomic mass is 79.9. The molecule has 1 aliphatic rings. The third-order valence-electron chi connectivity index (χ3n) is 5.06. The van der Waals surface area contributed by atoms with Crippen molar-refractivity contribution in [3.63, 3.8) is 0 Å². The lowest BCUT2D eigenvalue weighted by molar-refractivity contribution is -0.384. The molecule has 0 aromatic heterocycles. The van der Waals surface area contributed by atoms with Crippen molar-refractivity contribution in [2.24, 2.45) is 0 Å². The zero-order valence-corrected chi connectivity index (χ0v) is 22.4. The van der Waals surface area contributed by atoms with Crippen molar-refractivity contribution >= 4 is 79.2 Å². The number of nitro groups is 1. The summed E-state index contributed by atoms with van der Waals surface area (Å²) < 4.78 is 12.3. The fraction of sp³-hybridized carbons (Fsp3) is 0.0800. The van der Waals surface area contributed by atoms with E-state index in [0.717, 1.165) is 4.47 Å². The second kappa shape index (κ2) is 11.5. The van der Waals surface area contributed by atoms with E-state index in [2.05, 4.69) is 21.2 Å². The van der Waals surface area contributed by atoms with Crippen LogP contribution in [-0.2, 0) is 9.59 Å². The Labute approximate surface area is 229 Å². The molecule has 2 amide bonds. The maximum atomic E-state index is 13.0. The lowest BCUT2D eigenvalue weighted by Crippen LogP contribution is -2.27. The molecule has 0 saturated carbocycles. The minimum atomic E-state index is -0.544. The molecule has 37 heavy (non-hydrogen) atoms. The molecule has 1 N–H and O–H groups in total. The van der Waals surface area contributed by atoms with Crippen LogP contribution in [0.15, 0.2) is 76.1 Å². The second-order valence-corrected chi connectivity index (χ2v) is 10.1. The Morgan fingerprint density at radius 2 is 1.92 bits per heavy atom. The summed E-state index contributed by atoms with van der Waals surface area (Å²) in [5, 5.41) is 13.5. The number of amides is 2. The van der Waals surface area contributed by atoms with E-state index in [0.29, 0.717) is 32.0 Å². The Hall–Kier alpha value is -3.74. The van der Waals surface area contributed by atoms with E-state index in [1.807, 2.05) is 24.3 Å². The molecule has 12 heteroatoms. The molecule has 188 valence electrons. The summed E-state index contributed by atoms with van der Waals surface area (Å²) in [5.41, 5.74) is 1.51. The van der Waals surface area contributed by atoms with E-state index in [-0.39, 0.29) is 23.9 Å². The third-order valence-corrected chi connectivity index (χ3v) is 6.89. The number of thioether (sulfide) groups is 1. The number of non-ortho nitro benzene ring substituents is 1. The van der Waals surface area contributed by atoms with Crippen LogP contribution in [-0.4, -0.2) is 34.8 Å². The van der Waals surface area contributed by atoms with Crippen molar-refractivity contribution < 1.29 is 24.0 Å². The molecule has 0 bridgehead atoms. The van der Waals surface area contributed by atoms with Gasteiger partial charge in [0.15, 0.2) is 22.4 Å². The number of carbonyl (C=O) groups is 2. The predicted octanol–water partition coefficient (Wildman–Crippen LogP) is 5.79. The van der Waals surface area contributed by atoms with Crippen LogP contribution in [0.3, 0.4) is 0 Å². The molecular weight excluding hydrogens is 582 g/mol. The third kappa shape index (κ3) is 6.34. The smallest absolute Gasteiger partial charge is 0.271 e. The number of ether oxygens (including phenoxy) is 2. The summed E-state index contributed by atoms with van der Waals surface area (Å²) in [6.07, 6.45) is 1.71. The topological polar surface area (TPSA) is 111 Å². The summed E-state index contributed by atoms with van der Waals surface area (Å²) in [6, 6.07) is 17.9. The summed E-state index contributed by atoms with van der Waals surface area (Å²) >= 11 is 10.0. The first kappa shape index (κ1) is 26.3. The number of nitrogens with zero attached hydrogens (tertiary/aromatic N) is 2. The maximum Gasteiger partial charge on any atom is 0.271 e. The van der Waals surface area contributed by atoms with Gasteiger partial charge in [0.1, 0.15) is 0 Å². The van der Waals surface area contributed by atoms with Crippen molar-refractivity contribution in [3.05, 3.63) is 91.8 Å². The minimum Gasteiger partial charge on any atom is -0.493 e. The molecule has 9 nitrogen and oxygen atoms in total. The maximum absolute atomic E-state index is 13.0. The number of rotatable bonds is 8. The van der Waals surface area contributed by atoms with Crippen LogP contribution in [0.5, 0.6) is 11.5 Å². The molecule has 1 aliphatic heterocycles. The molecule has 0 unspecified atom stereocenters. The van der Waals surface area contributed by atoms with Gasteiger partial charge in [0, 0.05) is 22.3 Å². The number of carbonyl (C=O) groups excluding carboxylic acids is 2. The van der Waals surface area contributed by atoms with Gasteiger partial charge in [0.25, 0.3) is 17.5 Å². The van der Waals surface area contributed by atoms with Crippen LogP contribution in [0.4, 0.5) is 17.1 Å². The van der Waals surface area contributed by atoms with Crippen molar-refractivity contribution in [2.45, 2.75) is 0 Å². The van der Waals surface area contributed by atoms with Gasteiger partial charge < -0.3 is 14.8 Å². The quantitative estimate of drug-likeness (QED) is 0.150. The number of methoxy groups -OCH3 is 1. The SMILES string of the molecule is COc1cc(/C=C2\SC(=S)N(c3ccc(Br)cc3)C2=O)ccc1OCC(=O)Nc1cccc([N+](=O)[O-])c1. The second-order valence-electron chi connectivity index (χ2n) is 7.55. The molecule has 3 aromatic carbocycles.